The molecule has 110 valence electrons. The predicted molar refractivity (Wildman–Crippen MR) is 79.1 cm³/mol. The zero-order chi connectivity index (χ0) is 14.8. The van der Waals surface area contributed by atoms with E-state index in [-0.39, 0.29) is 11.9 Å². The Labute approximate surface area is 122 Å². The molecule has 0 saturated heterocycles. The third-order valence-corrected chi connectivity index (χ3v) is 3.53. The van der Waals surface area contributed by atoms with Crippen LogP contribution >= 0.6 is 0 Å². The third kappa shape index (κ3) is 3.04. The van der Waals surface area contributed by atoms with Gasteiger partial charge in [-0.25, -0.2) is 0 Å². The molecule has 3 rings (SSSR count). The Bertz CT molecular complexity index is 665. The molecule has 21 heavy (non-hydrogen) atoms. The highest BCUT2D eigenvalue weighted by Gasteiger charge is 2.15. The third-order valence-electron chi connectivity index (χ3n) is 3.53. The molecule has 0 spiro atoms. The number of hydrogen-bond acceptors (Lipinski definition) is 5. The van der Waals surface area contributed by atoms with Gasteiger partial charge in [0.1, 0.15) is 6.04 Å². The van der Waals surface area contributed by atoms with Crippen molar-refractivity contribution in [1.82, 2.24) is 10.1 Å². The SMILES string of the molecule is Cc1noc(C(C)Nc2ccc3c(c2)CCCC(=O)N3)n1. The molecule has 1 unspecified atom stereocenters. The molecular formula is C15H18N4O2. The molecule has 6 heteroatoms. The lowest BCUT2D eigenvalue weighted by molar-refractivity contribution is -0.116. The summed E-state index contributed by atoms with van der Waals surface area (Å²) in [7, 11) is 0. The van der Waals surface area contributed by atoms with Crippen LogP contribution in [-0.2, 0) is 11.2 Å². The van der Waals surface area contributed by atoms with Crippen molar-refractivity contribution >= 4 is 17.3 Å². The fraction of sp³-hybridized carbons (Fsp3) is 0.400. The number of nitrogens with zero attached hydrogens (tertiary/aromatic N) is 2. The molecule has 1 amide bonds. The minimum atomic E-state index is -0.0652. The number of aromatic nitrogens is 2. The van der Waals surface area contributed by atoms with Gasteiger partial charge in [0.2, 0.25) is 11.8 Å². The minimum Gasteiger partial charge on any atom is -0.374 e. The Morgan fingerprint density at radius 3 is 3.00 bits per heavy atom. The first-order chi connectivity index (χ1) is 10.1. The van der Waals surface area contributed by atoms with Crippen LogP contribution in [0.1, 0.15) is 43.1 Å². The molecule has 0 aliphatic carbocycles. The van der Waals surface area contributed by atoms with Gasteiger partial charge in [-0.15, -0.1) is 0 Å². The van der Waals surface area contributed by atoms with E-state index in [4.69, 9.17) is 4.52 Å². The number of fused-ring (bicyclic) bond motifs is 1. The molecule has 0 bridgehead atoms. The van der Waals surface area contributed by atoms with E-state index >= 15 is 0 Å². The summed E-state index contributed by atoms with van der Waals surface area (Å²) in [6.45, 7) is 3.77. The van der Waals surface area contributed by atoms with Crippen molar-refractivity contribution in [1.29, 1.82) is 0 Å². The van der Waals surface area contributed by atoms with Crippen molar-refractivity contribution in [3.8, 4) is 0 Å². The molecule has 1 aliphatic heterocycles. The molecule has 0 radical (unpaired) electrons. The van der Waals surface area contributed by atoms with Crippen LogP contribution in [0.5, 0.6) is 0 Å². The largest absolute Gasteiger partial charge is 0.374 e. The fourth-order valence-corrected chi connectivity index (χ4v) is 2.47. The van der Waals surface area contributed by atoms with Gasteiger partial charge in [0.15, 0.2) is 5.82 Å². The lowest BCUT2D eigenvalue weighted by Gasteiger charge is -2.14. The van der Waals surface area contributed by atoms with E-state index in [1.54, 1.807) is 6.92 Å². The average molecular weight is 286 g/mol. The Balaban J connectivity index is 1.77. The van der Waals surface area contributed by atoms with Crippen molar-refractivity contribution in [3.63, 3.8) is 0 Å². The maximum atomic E-state index is 11.5. The Morgan fingerprint density at radius 2 is 2.24 bits per heavy atom. The monoisotopic (exact) mass is 286 g/mol. The van der Waals surface area contributed by atoms with Gasteiger partial charge in [0.25, 0.3) is 0 Å². The molecule has 0 saturated carbocycles. The first-order valence-electron chi connectivity index (χ1n) is 7.11. The van der Waals surface area contributed by atoms with Crippen molar-refractivity contribution in [2.24, 2.45) is 0 Å². The molecule has 1 aromatic carbocycles. The molecule has 6 nitrogen and oxygen atoms in total. The normalized spacial score (nSPS) is 15.8. The number of benzene rings is 1. The van der Waals surface area contributed by atoms with Crippen LogP contribution < -0.4 is 10.6 Å². The summed E-state index contributed by atoms with van der Waals surface area (Å²) >= 11 is 0. The van der Waals surface area contributed by atoms with Crippen LogP contribution in [0.3, 0.4) is 0 Å². The van der Waals surface area contributed by atoms with E-state index in [1.807, 2.05) is 19.1 Å². The lowest BCUT2D eigenvalue weighted by Crippen LogP contribution is -2.10. The van der Waals surface area contributed by atoms with E-state index in [2.05, 4.69) is 26.8 Å². The summed E-state index contributed by atoms with van der Waals surface area (Å²) in [4.78, 5) is 15.8. The molecule has 0 fully saturated rings. The second-order valence-electron chi connectivity index (χ2n) is 5.32. The molecule has 1 aliphatic rings. The van der Waals surface area contributed by atoms with Crippen LogP contribution in [-0.4, -0.2) is 16.0 Å². The minimum absolute atomic E-state index is 0.0652. The quantitative estimate of drug-likeness (QED) is 0.907. The highest BCUT2D eigenvalue weighted by molar-refractivity contribution is 5.92. The zero-order valence-corrected chi connectivity index (χ0v) is 12.1. The molecule has 1 aromatic heterocycles. The van der Waals surface area contributed by atoms with Crippen molar-refractivity contribution in [3.05, 3.63) is 35.5 Å². The van der Waals surface area contributed by atoms with Gasteiger partial charge in [-0.05, 0) is 50.5 Å². The van der Waals surface area contributed by atoms with Gasteiger partial charge >= 0.3 is 0 Å². The topological polar surface area (TPSA) is 80.0 Å². The maximum absolute atomic E-state index is 11.5. The van der Waals surface area contributed by atoms with E-state index in [1.165, 1.54) is 0 Å². The van der Waals surface area contributed by atoms with Gasteiger partial charge < -0.3 is 15.2 Å². The van der Waals surface area contributed by atoms with E-state index in [0.717, 1.165) is 29.8 Å². The van der Waals surface area contributed by atoms with Crippen molar-refractivity contribution < 1.29 is 9.32 Å². The first-order valence-corrected chi connectivity index (χ1v) is 7.11. The number of aryl methyl sites for hydroxylation is 2. The summed E-state index contributed by atoms with van der Waals surface area (Å²) in [6.07, 6.45) is 2.35. The summed E-state index contributed by atoms with van der Waals surface area (Å²) in [5.41, 5.74) is 3.04. The molecular weight excluding hydrogens is 268 g/mol. The van der Waals surface area contributed by atoms with Crippen LogP contribution in [0.2, 0.25) is 0 Å². The number of anilines is 2. The van der Waals surface area contributed by atoms with Crippen LogP contribution in [0.25, 0.3) is 0 Å². The number of rotatable bonds is 3. The summed E-state index contributed by atoms with van der Waals surface area (Å²) in [5.74, 6) is 1.28. The van der Waals surface area contributed by atoms with Crippen molar-refractivity contribution in [2.75, 3.05) is 10.6 Å². The van der Waals surface area contributed by atoms with E-state index in [9.17, 15) is 4.79 Å². The second kappa shape index (κ2) is 5.55. The van der Waals surface area contributed by atoms with Crippen LogP contribution in [0.4, 0.5) is 11.4 Å². The van der Waals surface area contributed by atoms with Gasteiger partial charge in [-0.1, -0.05) is 5.16 Å². The van der Waals surface area contributed by atoms with Crippen LogP contribution in [0, 0.1) is 6.92 Å². The average Bonchev–Trinajstić information content (AvgIpc) is 2.79. The number of nitrogens with one attached hydrogen (secondary N) is 2. The standard InChI is InChI=1S/C15H18N4O2/c1-9(15-17-10(2)19-21-15)16-12-6-7-13-11(8-12)4-3-5-14(20)18-13/h6-9,16H,3-5H2,1-2H3,(H,18,20). The van der Waals surface area contributed by atoms with Gasteiger partial charge in [-0.3, -0.25) is 4.79 Å². The Kier molecular flexibility index (Phi) is 3.60. The zero-order valence-electron chi connectivity index (χ0n) is 12.1. The number of amides is 1. The highest BCUT2D eigenvalue weighted by atomic mass is 16.5. The second-order valence-corrected chi connectivity index (χ2v) is 5.32. The molecule has 2 N–H and O–H groups in total. The predicted octanol–water partition coefficient (Wildman–Crippen LogP) is 2.83. The lowest BCUT2D eigenvalue weighted by atomic mass is 10.1. The summed E-state index contributed by atoms with van der Waals surface area (Å²) < 4.78 is 5.16. The number of carbonyl (C=O) groups excluding carboxylic acids is 1. The maximum Gasteiger partial charge on any atom is 0.248 e. The van der Waals surface area contributed by atoms with E-state index in [0.29, 0.717) is 18.1 Å². The van der Waals surface area contributed by atoms with Gasteiger partial charge in [0.05, 0.1) is 0 Å². The fourth-order valence-electron chi connectivity index (χ4n) is 2.47. The Morgan fingerprint density at radius 1 is 1.38 bits per heavy atom. The summed E-state index contributed by atoms with van der Waals surface area (Å²) in [6, 6.07) is 5.89. The van der Waals surface area contributed by atoms with Crippen LogP contribution in [0.15, 0.2) is 22.7 Å². The number of carbonyl (C=O) groups is 1. The van der Waals surface area contributed by atoms with E-state index < -0.39 is 0 Å². The molecule has 2 aromatic rings. The van der Waals surface area contributed by atoms with Gasteiger partial charge in [-0.2, -0.15) is 4.98 Å². The van der Waals surface area contributed by atoms with Crippen molar-refractivity contribution in [2.45, 2.75) is 39.2 Å². The molecule has 1 atom stereocenters. The van der Waals surface area contributed by atoms with Gasteiger partial charge in [0, 0.05) is 17.8 Å². The molecule has 2 heterocycles. The summed E-state index contributed by atoms with van der Waals surface area (Å²) in [5, 5.41) is 10.1. The first kappa shape index (κ1) is 13.6. The Hall–Kier alpha value is -2.37. The number of hydrogen-bond donors (Lipinski definition) is 2. The highest BCUT2D eigenvalue weighted by Crippen LogP contribution is 2.27. The smallest absolute Gasteiger partial charge is 0.248 e.